The summed E-state index contributed by atoms with van der Waals surface area (Å²) in [6, 6.07) is 17.7. The summed E-state index contributed by atoms with van der Waals surface area (Å²) >= 11 is 2.27. The summed E-state index contributed by atoms with van der Waals surface area (Å²) in [4.78, 5) is 12.0. The van der Waals surface area contributed by atoms with Crippen LogP contribution in [-0.2, 0) is 9.53 Å². The van der Waals surface area contributed by atoms with Crippen LogP contribution in [0, 0.1) is 3.57 Å². The summed E-state index contributed by atoms with van der Waals surface area (Å²) in [6.45, 7) is 0.511. The van der Waals surface area contributed by atoms with Gasteiger partial charge in [0, 0.05) is 15.8 Å². The number of halogens is 1. The van der Waals surface area contributed by atoms with E-state index in [1.165, 1.54) is 7.11 Å². The minimum atomic E-state index is -0.308. The molecular weight excluding hydrogens is 365 g/mol. The third-order valence-corrected chi connectivity index (χ3v) is 4.00. The standard InChI is InChI=1S/C16H16INO2/c1-20-16(19)13(12-7-3-2-4-8-12)11-18-15-10-6-5-9-14(15)17/h2-10,13,18H,11H2,1H3. The van der Waals surface area contributed by atoms with Gasteiger partial charge in [-0.05, 0) is 40.3 Å². The van der Waals surface area contributed by atoms with E-state index in [4.69, 9.17) is 4.74 Å². The summed E-state index contributed by atoms with van der Waals surface area (Å²) in [6.07, 6.45) is 0. The lowest BCUT2D eigenvalue weighted by molar-refractivity contribution is -0.142. The number of para-hydroxylation sites is 1. The highest BCUT2D eigenvalue weighted by atomic mass is 127. The van der Waals surface area contributed by atoms with E-state index in [1.54, 1.807) is 0 Å². The molecule has 0 spiro atoms. The van der Waals surface area contributed by atoms with E-state index in [9.17, 15) is 4.79 Å². The molecule has 0 fully saturated rings. The molecule has 0 bridgehead atoms. The molecular formula is C16H16INO2. The molecule has 3 nitrogen and oxygen atoms in total. The van der Waals surface area contributed by atoms with Gasteiger partial charge >= 0.3 is 5.97 Å². The normalized spacial score (nSPS) is 11.7. The SMILES string of the molecule is COC(=O)C(CNc1ccccc1I)c1ccccc1. The monoisotopic (exact) mass is 381 g/mol. The van der Waals surface area contributed by atoms with Gasteiger partial charge < -0.3 is 10.1 Å². The molecule has 4 heteroatoms. The Morgan fingerprint density at radius 1 is 1.15 bits per heavy atom. The number of methoxy groups -OCH3 is 1. The maximum Gasteiger partial charge on any atom is 0.314 e. The number of ether oxygens (including phenoxy) is 1. The molecule has 2 aromatic rings. The first-order chi connectivity index (χ1) is 9.72. The van der Waals surface area contributed by atoms with Crippen molar-refractivity contribution in [3.8, 4) is 0 Å². The van der Waals surface area contributed by atoms with Crippen LogP contribution in [0.4, 0.5) is 5.69 Å². The fraction of sp³-hybridized carbons (Fsp3) is 0.188. The Hall–Kier alpha value is -1.56. The quantitative estimate of drug-likeness (QED) is 0.635. The topological polar surface area (TPSA) is 38.3 Å². The Labute approximate surface area is 132 Å². The Morgan fingerprint density at radius 2 is 1.80 bits per heavy atom. The summed E-state index contributed by atoms with van der Waals surface area (Å²) in [5, 5.41) is 3.32. The van der Waals surface area contributed by atoms with Gasteiger partial charge in [-0.1, -0.05) is 42.5 Å². The number of hydrogen-bond donors (Lipinski definition) is 1. The second-order valence-electron chi connectivity index (χ2n) is 4.35. The average Bonchev–Trinajstić information content (AvgIpc) is 2.50. The first kappa shape index (κ1) is 14.8. The van der Waals surface area contributed by atoms with Crippen LogP contribution in [0.25, 0.3) is 0 Å². The van der Waals surface area contributed by atoms with E-state index in [1.807, 2.05) is 54.6 Å². The van der Waals surface area contributed by atoms with Gasteiger partial charge in [0.25, 0.3) is 0 Å². The van der Waals surface area contributed by atoms with Crippen molar-refractivity contribution in [2.24, 2.45) is 0 Å². The zero-order chi connectivity index (χ0) is 14.4. The van der Waals surface area contributed by atoms with Crippen LogP contribution < -0.4 is 5.32 Å². The molecule has 0 heterocycles. The molecule has 0 aliphatic heterocycles. The third kappa shape index (κ3) is 3.72. The number of rotatable bonds is 5. The Balaban J connectivity index is 2.14. The van der Waals surface area contributed by atoms with Crippen molar-refractivity contribution >= 4 is 34.2 Å². The molecule has 0 aliphatic carbocycles. The van der Waals surface area contributed by atoms with Gasteiger partial charge in [-0.25, -0.2) is 0 Å². The fourth-order valence-electron chi connectivity index (χ4n) is 1.98. The highest BCUT2D eigenvalue weighted by Gasteiger charge is 2.21. The zero-order valence-corrected chi connectivity index (χ0v) is 13.3. The van der Waals surface area contributed by atoms with E-state index >= 15 is 0 Å². The lowest BCUT2D eigenvalue weighted by atomic mass is 9.99. The summed E-state index contributed by atoms with van der Waals surface area (Å²) in [7, 11) is 1.42. The van der Waals surface area contributed by atoms with Crippen molar-refractivity contribution in [1.82, 2.24) is 0 Å². The van der Waals surface area contributed by atoms with E-state index in [0.717, 1.165) is 14.8 Å². The average molecular weight is 381 g/mol. The number of carbonyl (C=O) groups is 1. The lowest BCUT2D eigenvalue weighted by Crippen LogP contribution is -2.22. The predicted molar refractivity (Wildman–Crippen MR) is 88.8 cm³/mol. The van der Waals surface area contributed by atoms with Crippen molar-refractivity contribution in [3.63, 3.8) is 0 Å². The third-order valence-electron chi connectivity index (χ3n) is 3.06. The number of esters is 1. The number of benzene rings is 2. The van der Waals surface area contributed by atoms with Gasteiger partial charge in [0.2, 0.25) is 0 Å². The van der Waals surface area contributed by atoms with E-state index < -0.39 is 0 Å². The number of hydrogen-bond acceptors (Lipinski definition) is 3. The molecule has 1 atom stereocenters. The highest BCUT2D eigenvalue weighted by Crippen LogP contribution is 2.21. The molecule has 0 radical (unpaired) electrons. The molecule has 0 aliphatic rings. The van der Waals surface area contributed by atoms with E-state index in [2.05, 4.69) is 27.9 Å². The fourth-order valence-corrected chi connectivity index (χ4v) is 2.56. The maximum absolute atomic E-state index is 12.0. The molecule has 1 N–H and O–H groups in total. The smallest absolute Gasteiger partial charge is 0.314 e. The number of carbonyl (C=O) groups excluding carboxylic acids is 1. The molecule has 2 aromatic carbocycles. The van der Waals surface area contributed by atoms with Crippen molar-refractivity contribution < 1.29 is 9.53 Å². The van der Waals surface area contributed by atoms with E-state index in [-0.39, 0.29) is 11.9 Å². The Kier molecular flexibility index (Phi) is 5.40. The second-order valence-corrected chi connectivity index (χ2v) is 5.51. The van der Waals surface area contributed by atoms with Crippen molar-refractivity contribution in [3.05, 3.63) is 63.7 Å². The van der Waals surface area contributed by atoms with Crippen LogP contribution in [0.1, 0.15) is 11.5 Å². The van der Waals surface area contributed by atoms with Crippen LogP contribution in [0.3, 0.4) is 0 Å². The van der Waals surface area contributed by atoms with Gasteiger partial charge in [0.1, 0.15) is 0 Å². The largest absolute Gasteiger partial charge is 0.468 e. The summed E-state index contributed by atoms with van der Waals surface area (Å²) < 4.78 is 6.03. The summed E-state index contributed by atoms with van der Waals surface area (Å²) in [5.41, 5.74) is 1.98. The van der Waals surface area contributed by atoms with Gasteiger partial charge in [-0.15, -0.1) is 0 Å². The first-order valence-electron chi connectivity index (χ1n) is 6.33. The Bertz CT molecular complexity index is 572. The minimum absolute atomic E-state index is 0.227. The summed E-state index contributed by atoms with van der Waals surface area (Å²) in [5.74, 6) is -0.535. The minimum Gasteiger partial charge on any atom is -0.468 e. The molecule has 20 heavy (non-hydrogen) atoms. The number of anilines is 1. The molecule has 104 valence electrons. The molecule has 0 aromatic heterocycles. The second kappa shape index (κ2) is 7.28. The molecule has 1 unspecified atom stereocenters. The van der Waals surface area contributed by atoms with Crippen LogP contribution in [0.2, 0.25) is 0 Å². The highest BCUT2D eigenvalue weighted by molar-refractivity contribution is 14.1. The van der Waals surface area contributed by atoms with Crippen LogP contribution in [0.15, 0.2) is 54.6 Å². The van der Waals surface area contributed by atoms with Gasteiger partial charge in [0.05, 0.1) is 13.0 Å². The maximum atomic E-state index is 12.0. The van der Waals surface area contributed by atoms with Crippen molar-refractivity contribution in [2.45, 2.75) is 5.92 Å². The first-order valence-corrected chi connectivity index (χ1v) is 7.41. The molecule has 0 amide bonds. The Morgan fingerprint density at radius 3 is 2.45 bits per heavy atom. The van der Waals surface area contributed by atoms with Crippen LogP contribution >= 0.6 is 22.6 Å². The lowest BCUT2D eigenvalue weighted by Gasteiger charge is -2.17. The predicted octanol–water partition coefficient (Wildman–Crippen LogP) is 3.66. The van der Waals surface area contributed by atoms with Gasteiger partial charge in [-0.3, -0.25) is 4.79 Å². The van der Waals surface area contributed by atoms with Crippen molar-refractivity contribution in [1.29, 1.82) is 0 Å². The number of nitrogens with one attached hydrogen (secondary N) is 1. The van der Waals surface area contributed by atoms with Crippen molar-refractivity contribution in [2.75, 3.05) is 19.0 Å². The molecule has 0 saturated heterocycles. The zero-order valence-electron chi connectivity index (χ0n) is 11.2. The van der Waals surface area contributed by atoms with Gasteiger partial charge in [0.15, 0.2) is 0 Å². The van der Waals surface area contributed by atoms with E-state index in [0.29, 0.717) is 6.54 Å². The van der Waals surface area contributed by atoms with Crippen LogP contribution in [-0.4, -0.2) is 19.6 Å². The molecule has 0 saturated carbocycles. The van der Waals surface area contributed by atoms with Crippen LogP contribution in [0.5, 0.6) is 0 Å². The molecule has 2 rings (SSSR count). The van der Waals surface area contributed by atoms with Gasteiger partial charge in [-0.2, -0.15) is 0 Å².